The number of amides is 1. The molecule has 0 unspecified atom stereocenters. The average molecular weight is 494 g/mol. The van der Waals surface area contributed by atoms with Gasteiger partial charge >= 0.3 is 0 Å². The molecule has 0 aliphatic carbocycles. The van der Waals surface area contributed by atoms with Crippen molar-refractivity contribution in [2.45, 2.75) is 62.8 Å². The Hall–Kier alpha value is -3.04. The van der Waals surface area contributed by atoms with Gasteiger partial charge in [-0.2, -0.15) is 4.31 Å². The molecule has 0 bridgehead atoms. The highest BCUT2D eigenvalue weighted by molar-refractivity contribution is 7.89. The quantitative estimate of drug-likeness (QED) is 0.559. The molecule has 184 valence electrons. The first-order valence-corrected chi connectivity index (χ1v) is 13.9. The maximum absolute atomic E-state index is 12.8. The number of piperidine rings is 1. The minimum absolute atomic E-state index is 0.152. The van der Waals surface area contributed by atoms with E-state index in [4.69, 9.17) is 0 Å². The monoisotopic (exact) mass is 493 g/mol. The van der Waals surface area contributed by atoms with E-state index in [1.165, 1.54) is 6.42 Å². The maximum Gasteiger partial charge on any atom is 0.243 e. The van der Waals surface area contributed by atoms with Gasteiger partial charge < -0.3 is 9.88 Å². The van der Waals surface area contributed by atoms with Crippen LogP contribution in [-0.2, 0) is 34.2 Å². The molecule has 8 nitrogen and oxygen atoms in total. The molecule has 0 atom stereocenters. The van der Waals surface area contributed by atoms with E-state index in [0.717, 1.165) is 67.8 Å². The second kappa shape index (κ2) is 10.3. The van der Waals surface area contributed by atoms with Crippen LogP contribution >= 0.6 is 0 Å². The fraction of sp³-hybridized carbons (Fsp3) is 0.423. The molecule has 2 aliphatic rings. The largest absolute Gasteiger partial charge is 0.326 e. The summed E-state index contributed by atoms with van der Waals surface area (Å²) < 4.78 is 29.4. The third kappa shape index (κ3) is 5.31. The summed E-state index contributed by atoms with van der Waals surface area (Å²) in [5.41, 5.74) is 2.45. The number of anilines is 1. The number of carbonyl (C=O) groups excluding carboxylic acids is 1. The molecule has 0 saturated carbocycles. The van der Waals surface area contributed by atoms with Gasteiger partial charge in [0.1, 0.15) is 5.82 Å². The van der Waals surface area contributed by atoms with Crippen LogP contribution in [0.4, 0.5) is 5.69 Å². The summed E-state index contributed by atoms with van der Waals surface area (Å²) in [4.78, 5) is 12.9. The number of fused-ring (bicyclic) bond motifs is 1. The van der Waals surface area contributed by atoms with E-state index in [0.29, 0.717) is 18.8 Å². The smallest absolute Gasteiger partial charge is 0.243 e. The molecule has 1 aromatic heterocycles. The Morgan fingerprint density at radius 2 is 1.51 bits per heavy atom. The minimum Gasteiger partial charge on any atom is -0.326 e. The molecule has 1 amide bonds. The molecule has 0 radical (unpaired) electrons. The van der Waals surface area contributed by atoms with Gasteiger partial charge in [0.05, 0.1) is 11.3 Å². The number of sulfonamides is 1. The number of hydrogen-bond donors (Lipinski definition) is 1. The summed E-state index contributed by atoms with van der Waals surface area (Å²) in [6, 6.07) is 14.3. The molecular weight excluding hydrogens is 462 g/mol. The van der Waals surface area contributed by atoms with Gasteiger partial charge in [-0.3, -0.25) is 4.79 Å². The number of nitrogens with zero attached hydrogens (tertiary/aromatic N) is 4. The van der Waals surface area contributed by atoms with Crippen molar-refractivity contribution in [3.63, 3.8) is 0 Å². The van der Waals surface area contributed by atoms with E-state index in [1.54, 1.807) is 28.6 Å². The molecule has 3 aromatic rings. The lowest BCUT2D eigenvalue weighted by Crippen LogP contribution is -2.35. The Kier molecular flexibility index (Phi) is 6.97. The molecule has 9 heteroatoms. The summed E-state index contributed by atoms with van der Waals surface area (Å²) in [6.45, 7) is 2.09. The van der Waals surface area contributed by atoms with Crippen molar-refractivity contribution in [3.05, 3.63) is 59.9 Å². The third-order valence-electron chi connectivity index (χ3n) is 6.78. The van der Waals surface area contributed by atoms with Crippen molar-refractivity contribution in [3.8, 4) is 11.4 Å². The lowest BCUT2D eigenvalue weighted by atomic mass is 10.1. The van der Waals surface area contributed by atoms with E-state index < -0.39 is 10.0 Å². The molecule has 35 heavy (non-hydrogen) atoms. The SMILES string of the molecule is O=C(Cc1ccc(S(=O)(=O)N2CCCCC2)cc1)Nc1ccc(-c2nnc3n2CCCCC3)cc1. The molecule has 3 heterocycles. The zero-order valence-electron chi connectivity index (χ0n) is 19.8. The van der Waals surface area contributed by atoms with Crippen LogP contribution in [0.5, 0.6) is 0 Å². The number of benzene rings is 2. The van der Waals surface area contributed by atoms with Gasteiger partial charge in [0.2, 0.25) is 15.9 Å². The zero-order valence-corrected chi connectivity index (χ0v) is 20.6. The number of nitrogens with one attached hydrogen (secondary N) is 1. The lowest BCUT2D eigenvalue weighted by Gasteiger charge is -2.25. The highest BCUT2D eigenvalue weighted by Crippen LogP contribution is 2.24. The van der Waals surface area contributed by atoms with E-state index in [1.807, 2.05) is 24.3 Å². The number of carbonyl (C=O) groups is 1. The first-order chi connectivity index (χ1) is 17.0. The van der Waals surface area contributed by atoms with Gasteiger partial charge in [-0.1, -0.05) is 25.0 Å². The van der Waals surface area contributed by atoms with Gasteiger partial charge in [0.15, 0.2) is 5.82 Å². The zero-order chi connectivity index (χ0) is 24.3. The number of rotatable bonds is 6. The number of hydrogen-bond acceptors (Lipinski definition) is 5. The fourth-order valence-electron chi connectivity index (χ4n) is 4.83. The summed E-state index contributed by atoms with van der Waals surface area (Å²) in [5.74, 6) is 1.77. The van der Waals surface area contributed by atoms with Gasteiger partial charge in [0, 0.05) is 37.3 Å². The second-order valence-corrected chi connectivity index (χ2v) is 11.3. The highest BCUT2D eigenvalue weighted by atomic mass is 32.2. The third-order valence-corrected chi connectivity index (χ3v) is 8.69. The summed E-state index contributed by atoms with van der Waals surface area (Å²) in [7, 11) is -3.47. The Morgan fingerprint density at radius 3 is 2.26 bits per heavy atom. The van der Waals surface area contributed by atoms with Crippen molar-refractivity contribution in [2.24, 2.45) is 0 Å². The Morgan fingerprint density at radius 1 is 0.829 bits per heavy atom. The molecule has 1 N–H and O–H groups in total. The predicted octanol–water partition coefficient (Wildman–Crippen LogP) is 4.03. The molecule has 1 saturated heterocycles. The van der Waals surface area contributed by atoms with Crippen LogP contribution in [0.2, 0.25) is 0 Å². The minimum atomic E-state index is -3.47. The van der Waals surface area contributed by atoms with E-state index in [-0.39, 0.29) is 17.2 Å². The van der Waals surface area contributed by atoms with Gasteiger partial charge in [-0.15, -0.1) is 10.2 Å². The molecule has 2 aliphatic heterocycles. The predicted molar refractivity (Wildman–Crippen MR) is 134 cm³/mol. The first-order valence-electron chi connectivity index (χ1n) is 12.4. The topological polar surface area (TPSA) is 97.2 Å². The van der Waals surface area contributed by atoms with Crippen LogP contribution in [0, 0.1) is 0 Å². The van der Waals surface area contributed by atoms with Crippen molar-refractivity contribution >= 4 is 21.6 Å². The standard InChI is InChI=1S/C26H31N5O3S/c32-25(19-20-8-14-23(15-9-20)35(33,34)30-16-4-2-5-17-30)27-22-12-10-21(11-13-22)26-29-28-24-7-3-1-6-18-31(24)26/h8-15H,1-7,16-19H2,(H,27,32). The highest BCUT2D eigenvalue weighted by Gasteiger charge is 2.25. The van der Waals surface area contributed by atoms with E-state index >= 15 is 0 Å². The molecular formula is C26H31N5O3S. The van der Waals surface area contributed by atoms with Gasteiger partial charge in [0.25, 0.3) is 0 Å². The second-order valence-electron chi connectivity index (χ2n) is 9.31. The van der Waals surface area contributed by atoms with E-state index in [9.17, 15) is 13.2 Å². The van der Waals surface area contributed by atoms with Crippen LogP contribution in [0.1, 0.15) is 49.9 Å². The first kappa shape index (κ1) is 23.7. The Labute approximate surface area is 206 Å². The van der Waals surface area contributed by atoms with Crippen molar-refractivity contribution in [1.82, 2.24) is 19.1 Å². The lowest BCUT2D eigenvalue weighted by molar-refractivity contribution is -0.115. The summed E-state index contributed by atoms with van der Waals surface area (Å²) in [5, 5.41) is 11.7. The Bertz CT molecular complexity index is 1280. The van der Waals surface area contributed by atoms with Crippen molar-refractivity contribution in [2.75, 3.05) is 18.4 Å². The van der Waals surface area contributed by atoms with Crippen LogP contribution in [-0.4, -0.2) is 46.5 Å². The molecule has 0 spiro atoms. The molecule has 5 rings (SSSR count). The average Bonchev–Trinajstić information content (AvgIpc) is 3.13. The molecule has 2 aromatic carbocycles. The van der Waals surface area contributed by atoms with Gasteiger partial charge in [-0.25, -0.2) is 8.42 Å². The van der Waals surface area contributed by atoms with Crippen molar-refractivity contribution < 1.29 is 13.2 Å². The van der Waals surface area contributed by atoms with Gasteiger partial charge in [-0.05, 0) is 67.6 Å². The number of aromatic nitrogens is 3. The van der Waals surface area contributed by atoms with Crippen LogP contribution in [0.25, 0.3) is 11.4 Å². The van der Waals surface area contributed by atoms with Crippen LogP contribution in [0.15, 0.2) is 53.4 Å². The van der Waals surface area contributed by atoms with Crippen LogP contribution < -0.4 is 5.32 Å². The van der Waals surface area contributed by atoms with Crippen molar-refractivity contribution in [1.29, 1.82) is 0 Å². The normalized spacial score (nSPS) is 16.9. The van der Waals surface area contributed by atoms with Crippen LogP contribution in [0.3, 0.4) is 0 Å². The summed E-state index contributed by atoms with van der Waals surface area (Å²) >= 11 is 0. The fourth-order valence-corrected chi connectivity index (χ4v) is 6.34. The Balaban J connectivity index is 1.20. The van der Waals surface area contributed by atoms with E-state index in [2.05, 4.69) is 20.1 Å². The molecule has 1 fully saturated rings. The number of aryl methyl sites for hydroxylation is 1. The maximum atomic E-state index is 12.8. The summed E-state index contributed by atoms with van der Waals surface area (Å²) in [6.07, 6.45) is 7.52.